The zero-order valence-corrected chi connectivity index (χ0v) is 16.5. The molecule has 0 unspecified atom stereocenters. The number of piperazine rings is 1. The fourth-order valence-electron chi connectivity index (χ4n) is 5.48. The van der Waals surface area contributed by atoms with Gasteiger partial charge in [0.2, 0.25) is 5.91 Å². The van der Waals surface area contributed by atoms with E-state index in [0.717, 1.165) is 58.0 Å². The van der Waals surface area contributed by atoms with Gasteiger partial charge in [-0.15, -0.1) is 0 Å². The van der Waals surface area contributed by atoms with Crippen LogP contribution >= 0.6 is 0 Å². The molecular weight excluding hydrogens is 336 g/mol. The smallest absolute Gasteiger partial charge is 0.243 e. The van der Waals surface area contributed by atoms with Crippen molar-refractivity contribution in [2.75, 3.05) is 46.3 Å². The molecule has 1 aromatic carbocycles. The highest BCUT2D eigenvalue weighted by atomic mass is 16.2. The molecule has 5 nitrogen and oxygen atoms in total. The first-order valence-electron chi connectivity index (χ1n) is 10.7. The van der Waals surface area contributed by atoms with Crippen LogP contribution in [-0.4, -0.2) is 83.5 Å². The molecule has 0 N–H and O–H groups in total. The van der Waals surface area contributed by atoms with E-state index < -0.39 is 0 Å². The summed E-state index contributed by atoms with van der Waals surface area (Å²) in [7, 11) is 2.15. The van der Waals surface area contributed by atoms with Crippen LogP contribution in [0.5, 0.6) is 0 Å². The molecule has 27 heavy (non-hydrogen) atoms. The SMILES string of the molecule is CN1CCN2[C@H](C1)C(=O)N(Cc1ccccc1)C21CCN(CC2CC2)CC1. The molecule has 146 valence electrons. The third-order valence-corrected chi connectivity index (χ3v) is 7.23. The minimum atomic E-state index is -0.0705. The van der Waals surface area contributed by atoms with E-state index in [9.17, 15) is 4.79 Å². The Balaban J connectivity index is 1.40. The van der Waals surface area contributed by atoms with Crippen molar-refractivity contribution < 1.29 is 4.79 Å². The number of amides is 1. The number of nitrogens with zero attached hydrogens (tertiary/aromatic N) is 4. The summed E-state index contributed by atoms with van der Waals surface area (Å²) in [6.07, 6.45) is 5.03. The van der Waals surface area contributed by atoms with Crippen molar-refractivity contribution in [3.05, 3.63) is 35.9 Å². The molecule has 1 spiro atoms. The number of hydrogen-bond donors (Lipinski definition) is 0. The van der Waals surface area contributed by atoms with Crippen LogP contribution in [-0.2, 0) is 11.3 Å². The van der Waals surface area contributed by atoms with Crippen LogP contribution in [0.1, 0.15) is 31.2 Å². The fourth-order valence-corrected chi connectivity index (χ4v) is 5.48. The average molecular weight is 369 g/mol. The van der Waals surface area contributed by atoms with Crippen LogP contribution in [0, 0.1) is 5.92 Å². The van der Waals surface area contributed by atoms with Gasteiger partial charge in [-0.2, -0.15) is 0 Å². The molecule has 1 amide bonds. The monoisotopic (exact) mass is 368 g/mol. The molecule has 3 saturated heterocycles. The molecule has 3 heterocycles. The minimum absolute atomic E-state index is 0.0439. The summed E-state index contributed by atoms with van der Waals surface area (Å²) in [5.74, 6) is 1.29. The molecule has 5 rings (SSSR count). The van der Waals surface area contributed by atoms with Gasteiger partial charge in [0.05, 0.1) is 5.66 Å². The van der Waals surface area contributed by atoms with Gasteiger partial charge in [0.25, 0.3) is 0 Å². The normalized spacial score (nSPS) is 29.4. The molecule has 3 aliphatic heterocycles. The van der Waals surface area contributed by atoms with E-state index in [1.54, 1.807) is 0 Å². The first-order valence-corrected chi connectivity index (χ1v) is 10.7. The average Bonchev–Trinajstić information content (AvgIpc) is 3.48. The van der Waals surface area contributed by atoms with Gasteiger partial charge >= 0.3 is 0 Å². The lowest BCUT2D eigenvalue weighted by Crippen LogP contribution is -2.63. The maximum atomic E-state index is 13.5. The van der Waals surface area contributed by atoms with Crippen molar-refractivity contribution in [1.29, 1.82) is 0 Å². The highest BCUT2D eigenvalue weighted by Crippen LogP contribution is 2.43. The van der Waals surface area contributed by atoms with Crippen molar-refractivity contribution in [2.45, 2.75) is 43.9 Å². The van der Waals surface area contributed by atoms with Gasteiger partial charge in [-0.3, -0.25) is 9.69 Å². The largest absolute Gasteiger partial charge is 0.318 e. The lowest BCUT2D eigenvalue weighted by molar-refractivity contribution is -0.135. The number of carbonyl (C=O) groups excluding carboxylic acids is 1. The molecule has 1 atom stereocenters. The summed E-state index contributed by atoms with van der Waals surface area (Å²) in [6.45, 7) is 7.24. The van der Waals surface area contributed by atoms with E-state index in [1.165, 1.54) is 24.9 Å². The van der Waals surface area contributed by atoms with Crippen molar-refractivity contribution in [3.63, 3.8) is 0 Å². The predicted molar refractivity (Wildman–Crippen MR) is 106 cm³/mol. The van der Waals surface area contributed by atoms with Gasteiger partial charge < -0.3 is 14.7 Å². The van der Waals surface area contributed by atoms with Crippen LogP contribution in [0.25, 0.3) is 0 Å². The summed E-state index contributed by atoms with van der Waals surface area (Å²) in [5, 5.41) is 0. The topological polar surface area (TPSA) is 30.0 Å². The highest BCUT2D eigenvalue weighted by Gasteiger charge is 2.58. The lowest BCUT2D eigenvalue weighted by Gasteiger charge is -2.51. The second kappa shape index (κ2) is 6.87. The van der Waals surface area contributed by atoms with E-state index >= 15 is 0 Å². The van der Waals surface area contributed by atoms with Gasteiger partial charge in [0.1, 0.15) is 6.04 Å². The number of benzene rings is 1. The van der Waals surface area contributed by atoms with E-state index in [4.69, 9.17) is 0 Å². The Kier molecular flexibility index (Phi) is 4.49. The molecule has 0 bridgehead atoms. The van der Waals surface area contributed by atoms with Gasteiger partial charge in [-0.1, -0.05) is 30.3 Å². The fraction of sp³-hybridized carbons (Fsp3) is 0.682. The second-order valence-corrected chi connectivity index (χ2v) is 9.11. The number of rotatable bonds is 4. The van der Waals surface area contributed by atoms with E-state index in [1.807, 2.05) is 0 Å². The number of carbonyl (C=O) groups is 1. The molecule has 5 heteroatoms. The Labute approximate surface area is 162 Å². The third-order valence-electron chi connectivity index (χ3n) is 7.23. The van der Waals surface area contributed by atoms with Gasteiger partial charge in [0.15, 0.2) is 0 Å². The van der Waals surface area contributed by atoms with Crippen LogP contribution in [0.2, 0.25) is 0 Å². The molecule has 4 aliphatic rings. The summed E-state index contributed by atoms with van der Waals surface area (Å²) in [6, 6.07) is 10.6. The number of piperidine rings is 1. The maximum Gasteiger partial charge on any atom is 0.243 e. The Morgan fingerprint density at radius 1 is 1.04 bits per heavy atom. The lowest BCUT2D eigenvalue weighted by atomic mass is 9.93. The summed E-state index contributed by atoms with van der Waals surface area (Å²) >= 11 is 0. The summed E-state index contributed by atoms with van der Waals surface area (Å²) in [4.78, 5) is 23.3. The molecule has 1 saturated carbocycles. The molecule has 0 aromatic heterocycles. The Morgan fingerprint density at radius 2 is 1.78 bits per heavy atom. The van der Waals surface area contributed by atoms with Gasteiger partial charge in [-0.05, 0) is 44.2 Å². The zero-order valence-electron chi connectivity index (χ0n) is 16.5. The Morgan fingerprint density at radius 3 is 2.48 bits per heavy atom. The first kappa shape index (κ1) is 17.7. The quantitative estimate of drug-likeness (QED) is 0.811. The molecular formula is C22H32N4O. The Hall–Kier alpha value is -1.43. The zero-order chi connectivity index (χ0) is 18.4. The van der Waals surface area contributed by atoms with E-state index in [0.29, 0.717) is 5.91 Å². The molecule has 1 aromatic rings. The van der Waals surface area contributed by atoms with Crippen LogP contribution in [0.4, 0.5) is 0 Å². The van der Waals surface area contributed by atoms with Crippen LogP contribution < -0.4 is 0 Å². The second-order valence-electron chi connectivity index (χ2n) is 9.11. The number of hydrogen-bond acceptors (Lipinski definition) is 4. The van der Waals surface area contributed by atoms with Crippen molar-refractivity contribution in [3.8, 4) is 0 Å². The highest BCUT2D eigenvalue weighted by molar-refractivity contribution is 5.85. The van der Waals surface area contributed by atoms with Crippen LogP contribution in [0.3, 0.4) is 0 Å². The number of likely N-dealkylation sites (N-methyl/N-ethyl adjacent to an activating group) is 1. The standard InChI is InChI=1S/C22H32N4O/c1-23-13-14-25-20(17-23)21(27)26(16-18-5-3-2-4-6-18)22(25)9-11-24(12-10-22)15-19-7-8-19/h2-6,19-20H,7-17H2,1H3/t20-/m1/s1. The summed E-state index contributed by atoms with van der Waals surface area (Å²) < 4.78 is 0. The van der Waals surface area contributed by atoms with E-state index in [-0.39, 0.29) is 11.7 Å². The van der Waals surface area contributed by atoms with E-state index in [2.05, 4.69) is 57.0 Å². The molecule has 1 aliphatic carbocycles. The summed E-state index contributed by atoms with van der Waals surface area (Å²) in [5.41, 5.74) is 1.18. The van der Waals surface area contributed by atoms with Crippen molar-refractivity contribution >= 4 is 5.91 Å². The molecule has 4 fully saturated rings. The maximum absolute atomic E-state index is 13.5. The number of fused-ring (bicyclic) bond motifs is 2. The van der Waals surface area contributed by atoms with Gasteiger partial charge in [-0.25, -0.2) is 0 Å². The molecule has 0 radical (unpaired) electrons. The predicted octanol–water partition coefficient (Wildman–Crippen LogP) is 1.85. The van der Waals surface area contributed by atoms with Crippen molar-refractivity contribution in [1.82, 2.24) is 19.6 Å². The Bertz CT molecular complexity index is 681. The third kappa shape index (κ3) is 3.20. The minimum Gasteiger partial charge on any atom is -0.318 e. The van der Waals surface area contributed by atoms with Crippen molar-refractivity contribution in [2.24, 2.45) is 5.92 Å². The van der Waals surface area contributed by atoms with Crippen LogP contribution in [0.15, 0.2) is 30.3 Å². The van der Waals surface area contributed by atoms with Gasteiger partial charge in [0, 0.05) is 45.8 Å². The first-order chi connectivity index (χ1) is 13.2. The number of likely N-dealkylation sites (tertiary alicyclic amines) is 1.